The summed E-state index contributed by atoms with van der Waals surface area (Å²) in [4.78, 5) is 12.0. The molecule has 2 aromatic rings. The molecule has 0 saturated carbocycles. The Morgan fingerprint density at radius 1 is 0.944 bits per heavy atom. The van der Waals surface area contributed by atoms with E-state index in [1.165, 1.54) is 0 Å². The molecule has 0 aliphatic rings. The van der Waals surface area contributed by atoms with E-state index in [-0.39, 0.29) is 5.78 Å². The lowest BCUT2D eigenvalue weighted by atomic mass is 10.1. The number of hydrogen-bond donors (Lipinski definition) is 1. The molecule has 0 radical (unpaired) electrons. The Morgan fingerprint density at radius 3 is 2.11 bits per heavy atom. The number of nitrogens with zero attached hydrogens (tertiary/aromatic N) is 1. The van der Waals surface area contributed by atoms with Gasteiger partial charge in [-0.2, -0.15) is 5.10 Å². The molecule has 0 spiro atoms. The van der Waals surface area contributed by atoms with Gasteiger partial charge in [-0.25, -0.2) is 0 Å². The monoisotopic (exact) mass is 238 g/mol. The third-order valence-electron chi connectivity index (χ3n) is 2.49. The van der Waals surface area contributed by atoms with Crippen molar-refractivity contribution >= 4 is 17.2 Å². The SMILES string of the molecule is C/C(=N/Nc1ccccc1)C(=O)c1ccccc1. The zero-order chi connectivity index (χ0) is 12.8. The number of benzene rings is 2. The van der Waals surface area contributed by atoms with Crippen LogP contribution in [0.4, 0.5) is 5.69 Å². The first kappa shape index (κ1) is 12.0. The van der Waals surface area contributed by atoms with E-state index in [9.17, 15) is 4.79 Å². The van der Waals surface area contributed by atoms with Crippen molar-refractivity contribution < 1.29 is 4.79 Å². The van der Waals surface area contributed by atoms with E-state index in [4.69, 9.17) is 0 Å². The van der Waals surface area contributed by atoms with Crippen LogP contribution in [0.1, 0.15) is 17.3 Å². The number of ketones is 1. The number of nitrogens with one attached hydrogen (secondary N) is 1. The van der Waals surface area contributed by atoms with Gasteiger partial charge in [-0.1, -0.05) is 48.5 Å². The summed E-state index contributed by atoms with van der Waals surface area (Å²) in [6.07, 6.45) is 0. The number of carbonyl (C=O) groups excluding carboxylic acids is 1. The van der Waals surface area contributed by atoms with Crippen molar-refractivity contribution in [3.8, 4) is 0 Å². The standard InChI is InChI=1S/C15H14N2O/c1-12(15(18)13-8-4-2-5-9-13)16-17-14-10-6-3-7-11-14/h2-11,17H,1H3/b16-12-. The fourth-order valence-electron chi connectivity index (χ4n) is 1.51. The Bertz CT molecular complexity index is 547. The molecule has 0 aromatic heterocycles. The highest BCUT2D eigenvalue weighted by Gasteiger charge is 2.08. The molecule has 3 nitrogen and oxygen atoms in total. The van der Waals surface area contributed by atoms with Crippen LogP contribution in [0.2, 0.25) is 0 Å². The molecule has 0 heterocycles. The number of para-hydroxylation sites is 1. The van der Waals surface area contributed by atoms with Gasteiger partial charge in [0, 0.05) is 5.56 Å². The normalized spacial score (nSPS) is 11.1. The molecule has 0 amide bonds. The quantitative estimate of drug-likeness (QED) is 0.504. The summed E-state index contributed by atoms with van der Waals surface area (Å²) >= 11 is 0. The van der Waals surface area contributed by atoms with Gasteiger partial charge in [0.25, 0.3) is 0 Å². The average Bonchev–Trinajstić information content (AvgIpc) is 2.46. The van der Waals surface area contributed by atoms with Crippen molar-refractivity contribution in [2.24, 2.45) is 5.10 Å². The molecule has 0 saturated heterocycles. The topological polar surface area (TPSA) is 41.5 Å². The molecule has 0 fully saturated rings. The van der Waals surface area contributed by atoms with E-state index in [1.807, 2.05) is 48.5 Å². The second-order valence-electron chi connectivity index (χ2n) is 3.87. The molecule has 0 aliphatic carbocycles. The van der Waals surface area contributed by atoms with E-state index in [0.29, 0.717) is 11.3 Å². The van der Waals surface area contributed by atoms with E-state index < -0.39 is 0 Å². The lowest BCUT2D eigenvalue weighted by molar-refractivity contribution is 0.106. The van der Waals surface area contributed by atoms with Gasteiger partial charge in [-0.15, -0.1) is 0 Å². The fraction of sp³-hybridized carbons (Fsp3) is 0.0667. The summed E-state index contributed by atoms with van der Waals surface area (Å²) in [5.41, 5.74) is 4.80. The molecule has 3 heteroatoms. The van der Waals surface area contributed by atoms with Gasteiger partial charge in [-0.05, 0) is 19.1 Å². The fourth-order valence-corrected chi connectivity index (χ4v) is 1.51. The zero-order valence-electron chi connectivity index (χ0n) is 10.1. The molecule has 1 N–H and O–H groups in total. The molecule has 18 heavy (non-hydrogen) atoms. The van der Waals surface area contributed by atoms with E-state index in [1.54, 1.807) is 19.1 Å². The van der Waals surface area contributed by atoms with Crippen LogP contribution < -0.4 is 5.43 Å². The number of rotatable bonds is 4. The van der Waals surface area contributed by atoms with Gasteiger partial charge in [0.15, 0.2) is 0 Å². The number of anilines is 1. The Labute approximate surface area is 106 Å². The highest BCUT2D eigenvalue weighted by molar-refractivity contribution is 6.45. The first-order chi connectivity index (χ1) is 8.77. The van der Waals surface area contributed by atoms with Crippen LogP contribution in [0.5, 0.6) is 0 Å². The van der Waals surface area contributed by atoms with Crippen LogP contribution in [-0.4, -0.2) is 11.5 Å². The molecular weight excluding hydrogens is 224 g/mol. The minimum Gasteiger partial charge on any atom is -0.287 e. The molecule has 2 rings (SSSR count). The summed E-state index contributed by atoms with van der Waals surface area (Å²) in [5.74, 6) is -0.0703. The van der Waals surface area contributed by atoms with Crippen LogP contribution in [0.25, 0.3) is 0 Å². The summed E-state index contributed by atoms with van der Waals surface area (Å²) in [6, 6.07) is 18.7. The molecule has 2 aromatic carbocycles. The number of carbonyl (C=O) groups is 1. The summed E-state index contributed by atoms with van der Waals surface area (Å²) in [5, 5.41) is 4.09. The molecule has 90 valence electrons. The third-order valence-corrected chi connectivity index (χ3v) is 2.49. The van der Waals surface area contributed by atoms with Crippen molar-refractivity contribution in [2.45, 2.75) is 6.92 Å². The van der Waals surface area contributed by atoms with Gasteiger partial charge < -0.3 is 0 Å². The van der Waals surface area contributed by atoms with E-state index in [0.717, 1.165) is 5.69 Å². The highest BCUT2D eigenvalue weighted by Crippen LogP contribution is 2.06. The molecule has 0 atom stereocenters. The Morgan fingerprint density at radius 2 is 1.50 bits per heavy atom. The molecule has 0 unspecified atom stereocenters. The highest BCUT2D eigenvalue weighted by atomic mass is 16.1. The Hall–Kier alpha value is -2.42. The maximum atomic E-state index is 12.0. The van der Waals surface area contributed by atoms with E-state index >= 15 is 0 Å². The smallest absolute Gasteiger partial charge is 0.208 e. The zero-order valence-corrected chi connectivity index (χ0v) is 10.1. The molecule has 0 bridgehead atoms. The predicted octanol–water partition coefficient (Wildman–Crippen LogP) is 3.36. The minimum absolute atomic E-state index is 0.0703. The van der Waals surface area contributed by atoms with Gasteiger partial charge in [0.1, 0.15) is 5.71 Å². The van der Waals surface area contributed by atoms with Crippen LogP contribution in [0, 0.1) is 0 Å². The van der Waals surface area contributed by atoms with Crippen LogP contribution in [-0.2, 0) is 0 Å². The van der Waals surface area contributed by atoms with Crippen LogP contribution in [0.15, 0.2) is 65.8 Å². The van der Waals surface area contributed by atoms with Gasteiger partial charge in [-0.3, -0.25) is 10.2 Å². The van der Waals surface area contributed by atoms with E-state index in [2.05, 4.69) is 10.5 Å². The lowest BCUT2D eigenvalue weighted by Crippen LogP contribution is -2.12. The summed E-state index contributed by atoms with van der Waals surface area (Å²) < 4.78 is 0. The summed E-state index contributed by atoms with van der Waals surface area (Å²) in [6.45, 7) is 1.70. The van der Waals surface area contributed by atoms with Crippen molar-refractivity contribution in [3.05, 3.63) is 66.2 Å². The van der Waals surface area contributed by atoms with Gasteiger partial charge >= 0.3 is 0 Å². The second kappa shape index (κ2) is 5.77. The third kappa shape index (κ3) is 3.04. The first-order valence-corrected chi connectivity index (χ1v) is 5.72. The van der Waals surface area contributed by atoms with Crippen LogP contribution in [0.3, 0.4) is 0 Å². The number of hydrazone groups is 1. The largest absolute Gasteiger partial charge is 0.287 e. The minimum atomic E-state index is -0.0703. The molecular formula is C15H14N2O. The van der Waals surface area contributed by atoms with Crippen molar-refractivity contribution in [1.82, 2.24) is 0 Å². The molecule has 0 aliphatic heterocycles. The van der Waals surface area contributed by atoms with Crippen LogP contribution >= 0.6 is 0 Å². The van der Waals surface area contributed by atoms with Gasteiger partial charge in [0.05, 0.1) is 5.69 Å². The average molecular weight is 238 g/mol. The Balaban J connectivity index is 2.08. The predicted molar refractivity (Wildman–Crippen MR) is 73.9 cm³/mol. The Kier molecular flexibility index (Phi) is 3.86. The second-order valence-corrected chi connectivity index (χ2v) is 3.87. The number of Topliss-reactive ketones (excluding diaryl/α,β-unsaturated/α-hetero) is 1. The number of hydrogen-bond acceptors (Lipinski definition) is 3. The van der Waals surface area contributed by atoms with Crippen molar-refractivity contribution in [1.29, 1.82) is 0 Å². The van der Waals surface area contributed by atoms with Crippen molar-refractivity contribution in [3.63, 3.8) is 0 Å². The lowest BCUT2D eigenvalue weighted by Gasteiger charge is -2.02. The summed E-state index contributed by atoms with van der Waals surface area (Å²) in [7, 11) is 0. The van der Waals surface area contributed by atoms with Crippen molar-refractivity contribution in [2.75, 3.05) is 5.43 Å². The maximum absolute atomic E-state index is 12.0. The first-order valence-electron chi connectivity index (χ1n) is 5.72. The maximum Gasteiger partial charge on any atom is 0.208 e. The van der Waals surface area contributed by atoms with Gasteiger partial charge in [0.2, 0.25) is 5.78 Å².